The van der Waals surface area contributed by atoms with E-state index in [2.05, 4.69) is 5.32 Å². The summed E-state index contributed by atoms with van der Waals surface area (Å²) in [7, 11) is -3.27. The lowest BCUT2D eigenvalue weighted by atomic mass is 10.1. The molecule has 2 rings (SSSR count). The van der Waals surface area contributed by atoms with Crippen molar-refractivity contribution < 1.29 is 26.4 Å². The number of nitrogens with zero attached hydrogens (tertiary/aromatic N) is 1. The number of likely N-dealkylation sites (tertiary alicyclic amines) is 1. The zero-order valence-corrected chi connectivity index (χ0v) is 12.5. The molecule has 1 aromatic carbocycles. The maximum absolute atomic E-state index is 12.9. The van der Waals surface area contributed by atoms with Crippen LogP contribution in [-0.2, 0) is 16.0 Å². The Morgan fingerprint density at radius 3 is 2.50 bits per heavy atom. The van der Waals surface area contributed by atoms with E-state index in [-0.39, 0.29) is 25.2 Å². The quantitative estimate of drug-likeness (QED) is 0.901. The molecule has 1 N–H and O–H groups in total. The van der Waals surface area contributed by atoms with Gasteiger partial charge in [-0.25, -0.2) is 13.2 Å². The number of halogens is 3. The second-order valence-electron chi connectivity index (χ2n) is 5.16. The van der Waals surface area contributed by atoms with Crippen molar-refractivity contribution in [1.82, 2.24) is 4.90 Å². The van der Waals surface area contributed by atoms with Gasteiger partial charge in [-0.3, -0.25) is 0 Å². The number of nitrogens with one attached hydrogen (secondary N) is 1. The molecule has 22 heavy (non-hydrogen) atoms. The maximum Gasteiger partial charge on any atom is 0.418 e. The second kappa shape index (κ2) is 5.79. The molecular weight excluding hydrogens is 321 g/mol. The molecule has 0 aromatic heterocycles. The molecule has 122 valence electrons. The van der Waals surface area contributed by atoms with Crippen LogP contribution in [-0.4, -0.2) is 43.9 Å². The highest BCUT2D eigenvalue weighted by Gasteiger charge is 2.36. The van der Waals surface area contributed by atoms with Crippen molar-refractivity contribution in [3.05, 3.63) is 29.8 Å². The summed E-state index contributed by atoms with van der Waals surface area (Å²) in [5.41, 5.74) is -1.29. The molecule has 1 heterocycles. The largest absolute Gasteiger partial charge is 0.418 e. The Balaban J connectivity index is 2.11. The summed E-state index contributed by atoms with van der Waals surface area (Å²) in [6.45, 7) is 0.177. The third-order valence-corrected chi connectivity index (χ3v) is 5.11. The van der Waals surface area contributed by atoms with Gasteiger partial charge in [0.2, 0.25) is 0 Å². The van der Waals surface area contributed by atoms with Crippen LogP contribution in [0.25, 0.3) is 0 Å². The van der Waals surface area contributed by atoms with Crippen LogP contribution in [0, 0.1) is 0 Å². The molecule has 0 radical (unpaired) electrons. The number of alkyl halides is 3. The molecule has 0 spiro atoms. The van der Waals surface area contributed by atoms with Gasteiger partial charge in [0.1, 0.15) is 0 Å². The molecule has 2 amide bonds. The highest BCUT2D eigenvalue weighted by Crippen LogP contribution is 2.34. The van der Waals surface area contributed by atoms with Crippen molar-refractivity contribution in [3.8, 4) is 0 Å². The van der Waals surface area contributed by atoms with E-state index in [9.17, 15) is 26.4 Å². The summed E-state index contributed by atoms with van der Waals surface area (Å²) < 4.78 is 61.4. The monoisotopic (exact) mass is 336 g/mol. The van der Waals surface area contributed by atoms with Gasteiger partial charge in [0.05, 0.1) is 16.5 Å². The molecule has 1 aromatic rings. The second-order valence-corrected chi connectivity index (χ2v) is 7.49. The van der Waals surface area contributed by atoms with Crippen LogP contribution in [0.1, 0.15) is 12.0 Å². The van der Waals surface area contributed by atoms with Crippen molar-refractivity contribution in [2.45, 2.75) is 17.8 Å². The van der Waals surface area contributed by atoms with E-state index < -0.39 is 32.9 Å². The number of carbonyl (C=O) groups is 1. The van der Waals surface area contributed by atoms with Gasteiger partial charge in [-0.05, 0) is 18.6 Å². The molecule has 1 atom stereocenters. The van der Waals surface area contributed by atoms with Crippen molar-refractivity contribution >= 4 is 21.6 Å². The Morgan fingerprint density at radius 2 is 1.95 bits per heavy atom. The van der Waals surface area contributed by atoms with E-state index in [0.717, 1.165) is 18.4 Å². The van der Waals surface area contributed by atoms with Gasteiger partial charge in [-0.1, -0.05) is 12.1 Å². The number of urea groups is 1. The number of benzene rings is 1. The van der Waals surface area contributed by atoms with Gasteiger partial charge in [-0.2, -0.15) is 13.2 Å². The fraction of sp³-hybridized carbons (Fsp3) is 0.462. The standard InChI is InChI=1S/C13H15F3N2O3S/c1-22(20,21)9-6-7-18(8-9)12(19)17-11-5-3-2-4-10(11)13(14,15)16/h2-5,9H,6-8H2,1H3,(H,17,19). The predicted molar refractivity (Wildman–Crippen MR) is 75.3 cm³/mol. The number of sulfone groups is 1. The molecule has 0 aliphatic carbocycles. The lowest BCUT2D eigenvalue weighted by Gasteiger charge is -2.19. The molecule has 1 saturated heterocycles. The lowest BCUT2D eigenvalue weighted by Crippen LogP contribution is -2.35. The molecule has 1 fully saturated rings. The van der Waals surface area contributed by atoms with Crippen molar-refractivity contribution in [3.63, 3.8) is 0 Å². The van der Waals surface area contributed by atoms with E-state index in [1.165, 1.54) is 17.0 Å². The van der Waals surface area contributed by atoms with Crippen LogP contribution in [0.3, 0.4) is 0 Å². The van der Waals surface area contributed by atoms with Gasteiger partial charge in [0.15, 0.2) is 9.84 Å². The molecule has 1 aliphatic heterocycles. The predicted octanol–water partition coefficient (Wildman–Crippen LogP) is 2.36. The Kier molecular flexibility index (Phi) is 4.37. The number of amides is 2. The summed E-state index contributed by atoms with van der Waals surface area (Å²) in [6, 6.07) is 3.91. The molecule has 1 aliphatic rings. The Hall–Kier alpha value is -1.77. The fourth-order valence-electron chi connectivity index (χ4n) is 2.30. The Labute approximate surface area is 126 Å². The van der Waals surface area contributed by atoms with E-state index in [1.807, 2.05) is 0 Å². The number of para-hydroxylation sites is 1. The van der Waals surface area contributed by atoms with Crippen molar-refractivity contribution in [2.75, 3.05) is 24.7 Å². The SMILES string of the molecule is CS(=O)(=O)C1CCN(C(=O)Nc2ccccc2C(F)(F)F)C1. The lowest BCUT2D eigenvalue weighted by molar-refractivity contribution is -0.136. The molecule has 0 bridgehead atoms. The van der Waals surface area contributed by atoms with Crippen molar-refractivity contribution in [2.24, 2.45) is 0 Å². The fourth-order valence-corrected chi connectivity index (χ4v) is 3.28. The van der Waals surface area contributed by atoms with Gasteiger partial charge in [-0.15, -0.1) is 0 Å². The Bertz CT molecular complexity index is 673. The third-order valence-electron chi connectivity index (χ3n) is 3.51. The topological polar surface area (TPSA) is 66.5 Å². The van der Waals surface area contributed by atoms with Gasteiger partial charge in [0, 0.05) is 19.3 Å². The molecule has 9 heteroatoms. The number of rotatable bonds is 2. The highest BCUT2D eigenvalue weighted by atomic mass is 32.2. The minimum absolute atomic E-state index is 0.0150. The summed E-state index contributed by atoms with van der Waals surface area (Å²) in [6.07, 6.45) is -3.21. The van der Waals surface area contributed by atoms with Crippen molar-refractivity contribution in [1.29, 1.82) is 0 Å². The van der Waals surface area contributed by atoms with Crippen LogP contribution in [0.5, 0.6) is 0 Å². The molecule has 5 nitrogen and oxygen atoms in total. The van der Waals surface area contributed by atoms with E-state index in [0.29, 0.717) is 0 Å². The Morgan fingerprint density at radius 1 is 1.32 bits per heavy atom. The highest BCUT2D eigenvalue weighted by molar-refractivity contribution is 7.91. The van der Waals surface area contributed by atoms with Crippen LogP contribution < -0.4 is 5.32 Å². The average molecular weight is 336 g/mol. The third kappa shape index (κ3) is 3.70. The van der Waals surface area contributed by atoms with Crippen LogP contribution in [0.2, 0.25) is 0 Å². The summed E-state index contributed by atoms with van der Waals surface area (Å²) >= 11 is 0. The summed E-state index contributed by atoms with van der Waals surface area (Å²) in [4.78, 5) is 13.2. The van der Waals surface area contributed by atoms with Crippen LogP contribution in [0.4, 0.5) is 23.7 Å². The van der Waals surface area contributed by atoms with Gasteiger partial charge >= 0.3 is 12.2 Å². The normalized spacial score (nSPS) is 19.3. The number of hydrogen-bond donors (Lipinski definition) is 1. The zero-order valence-electron chi connectivity index (χ0n) is 11.7. The minimum atomic E-state index is -4.58. The zero-order chi connectivity index (χ0) is 16.5. The average Bonchev–Trinajstić information content (AvgIpc) is 2.87. The van der Waals surface area contributed by atoms with Crippen LogP contribution >= 0.6 is 0 Å². The number of hydrogen-bond acceptors (Lipinski definition) is 3. The first-order valence-electron chi connectivity index (χ1n) is 6.50. The van der Waals surface area contributed by atoms with E-state index in [1.54, 1.807) is 0 Å². The van der Waals surface area contributed by atoms with E-state index >= 15 is 0 Å². The first-order valence-corrected chi connectivity index (χ1v) is 8.45. The van der Waals surface area contributed by atoms with E-state index in [4.69, 9.17) is 0 Å². The van der Waals surface area contributed by atoms with Gasteiger partial charge < -0.3 is 10.2 Å². The summed E-state index contributed by atoms with van der Waals surface area (Å²) in [5.74, 6) is 0. The molecule has 1 unspecified atom stereocenters. The number of carbonyl (C=O) groups excluding carboxylic acids is 1. The first kappa shape index (κ1) is 16.6. The van der Waals surface area contributed by atoms with Gasteiger partial charge in [0.25, 0.3) is 0 Å². The molecule has 0 saturated carbocycles. The first-order chi connectivity index (χ1) is 10.1. The summed E-state index contributed by atoms with van der Waals surface area (Å²) in [5, 5.41) is 1.53. The maximum atomic E-state index is 12.9. The van der Waals surface area contributed by atoms with Crippen LogP contribution in [0.15, 0.2) is 24.3 Å². The smallest absolute Gasteiger partial charge is 0.323 e. The minimum Gasteiger partial charge on any atom is -0.323 e. The number of anilines is 1. The molecular formula is C13H15F3N2O3S.